The third-order valence-corrected chi connectivity index (χ3v) is 4.62. The summed E-state index contributed by atoms with van der Waals surface area (Å²) in [6, 6.07) is 2.00. The number of rotatable bonds is 7. The predicted octanol–water partition coefficient (Wildman–Crippen LogP) is 2.76. The maximum absolute atomic E-state index is 10.8. The maximum Gasteiger partial charge on any atom is 0.185 e. The molecule has 0 amide bonds. The molecule has 1 heterocycles. The fraction of sp³-hybridized carbons (Fsp3) is 0.615. The van der Waals surface area contributed by atoms with Crippen LogP contribution in [-0.4, -0.2) is 27.2 Å². The van der Waals surface area contributed by atoms with Crippen LogP contribution in [0.2, 0.25) is 0 Å². The first kappa shape index (κ1) is 15.7. The molecule has 0 spiro atoms. The number of carbonyl (C=O) groups excluding carboxylic acids is 1. The Morgan fingerprint density at radius 2 is 2.22 bits per heavy atom. The highest BCUT2D eigenvalue weighted by Gasteiger charge is 2.22. The summed E-state index contributed by atoms with van der Waals surface area (Å²) in [6.45, 7) is 3.59. The van der Waals surface area contributed by atoms with E-state index in [0.29, 0.717) is 0 Å². The van der Waals surface area contributed by atoms with Crippen LogP contribution < -0.4 is 0 Å². The summed E-state index contributed by atoms with van der Waals surface area (Å²) in [7, 11) is 0. The molecule has 5 heteroatoms. The summed E-state index contributed by atoms with van der Waals surface area (Å²) in [5, 5.41) is 21.9. The molecule has 1 aromatic rings. The van der Waals surface area contributed by atoms with Gasteiger partial charge in [-0.1, -0.05) is 25.1 Å². The van der Waals surface area contributed by atoms with Gasteiger partial charge in [0.1, 0.15) is 6.10 Å². The van der Waals surface area contributed by atoms with E-state index in [2.05, 4.69) is 6.92 Å². The van der Waals surface area contributed by atoms with Crippen LogP contribution in [0.25, 0.3) is 0 Å². The molecular weight excluding hydrogens is 268 g/mol. The zero-order chi connectivity index (χ0) is 13.5. The van der Waals surface area contributed by atoms with E-state index in [9.17, 15) is 15.0 Å². The normalized spacial score (nSPS) is 14.4. The van der Waals surface area contributed by atoms with E-state index in [-0.39, 0.29) is 10.9 Å². The van der Waals surface area contributed by atoms with Crippen molar-refractivity contribution in [2.75, 3.05) is 5.75 Å². The van der Waals surface area contributed by atoms with Crippen LogP contribution in [0.15, 0.2) is 11.4 Å². The van der Waals surface area contributed by atoms with Gasteiger partial charge in [0.15, 0.2) is 5.12 Å². The van der Waals surface area contributed by atoms with Gasteiger partial charge in [-0.15, -0.1) is 11.3 Å². The summed E-state index contributed by atoms with van der Waals surface area (Å²) in [6.07, 6.45) is 1.34. The lowest BCUT2D eigenvalue weighted by molar-refractivity contribution is -0.109. The Hall–Kier alpha value is -0.360. The smallest absolute Gasteiger partial charge is 0.185 e. The second-order valence-electron chi connectivity index (χ2n) is 4.23. The lowest BCUT2D eigenvalue weighted by Gasteiger charge is -2.17. The average Bonchev–Trinajstić information content (AvgIpc) is 2.80. The van der Waals surface area contributed by atoms with E-state index in [0.717, 1.165) is 41.5 Å². The van der Waals surface area contributed by atoms with Crippen molar-refractivity contribution in [2.45, 2.75) is 45.3 Å². The van der Waals surface area contributed by atoms with Gasteiger partial charge >= 0.3 is 0 Å². The van der Waals surface area contributed by atoms with Crippen LogP contribution in [0, 0.1) is 0 Å². The summed E-state index contributed by atoms with van der Waals surface area (Å²) < 4.78 is 0. The molecule has 2 unspecified atom stereocenters. The highest BCUT2D eigenvalue weighted by Crippen LogP contribution is 2.29. The first-order valence-electron chi connectivity index (χ1n) is 6.12. The summed E-state index contributed by atoms with van der Waals surface area (Å²) in [5.74, 6) is 0.238. The molecule has 2 N–H and O–H groups in total. The van der Waals surface area contributed by atoms with Crippen molar-refractivity contribution in [3.63, 3.8) is 0 Å². The Balaban J connectivity index is 2.61. The number of unbranched alkanes of at least 4 members (excludes halogenated alkanes) is 1. The molecule has 0 aliphatic heterocycles. The third kappa shape index (κ3) is 4.72. The quantitative estimate of drug-likeness (QED) is 0.810. The number of aliphatic hydroxyl groups excluding tert-OH is 2. The average molecular weight is 288 g/mol. The molecule has 1 rings (SSSR count). The zero-order valence-corrected chi connectivity index (χ0v) is 12.4. The predicted molar refractivity (Wildman–Crippen MR) is 77.0 cm³/mol. The van der Waals surface area contributed by atoms with Gasteiger partial charge in [0.25, 0.3) is 0 Å². The second kappa shape index (κ2) is 7.94. The number of aliphatic hydroxyl groups is 2. The molecule has 18 heavy (non-hydrogen) atoms. The Bertz CT molecular complexity index is 376. The van der Waals surface area contributed by atoms with E-state index in [4.69, 9.17) is 0 Å². The van der Waals surface area contributed by atoms with Crippen molar-refractivity contribution < 1.29 is 15.0 Å². The van der Waals surface area contributed by atoms with Gasteiger partial charge in [-0.05, 0) is 29.9 Å². The molecule has 0 aromatic carbocycles. The van der Waals surface area contributed by atoms with Crippen LogP contribution in [0.3, 0.4) is 0 Å². The van der Waals surface area contributed by atoms with E-state index >= 15 is 0 Å². The largest absolute Gasteiger partial charge is 0.389 e. The molecular formula is C13H20O3S2. The Labute approximate surface area is 116 Å². The molecule has 0 aliphatic rings. The van der Waals surface area contributed by atoms with Gasteiger partial charge in [-0.2, -0.15) is 0 Å². The number of hydrogen-bond donors (Lipinski definition) is 2. The van der Waals surface area contributed by atoms with Crippen LogP contribution in [-0.2, 0) is 11.2 Å². The lowest BCUT2D eigenvalue weighted by Crippen LogP contribution is -2.21. The minimum Gasteiger partial charge on any atom is -0.389 e. The van der Waals surface area contributed by atoms with Gasteiger partial charge in [0.05, 0.1) is 6.10 Å². The van der Waals surface area contributed by atoms with Gasteiger partial charge in [0, 0.05) is 17.6 Å². The number of thiophene rings is 1. The van der Waals surface area contributed by atoms with Crippen LogP contribution in [0.1, 0.15) is 43.2 Å². The van der Waals surface area contributed by atoms with E-state index in [1.54, 1.807) is 0 Å². The summed E-state index contributed by atoms with van der Waals surface area (Å²) >= 11 is 2.51. The minimum atomic E-state index is -0.891. The molecule has 0 saturated heterocycles. The number of hydrogen-bond acceptors (Lipinski definition) is 5. The monoisotopic (exact) mass is 288 g/mol. The fourth-order valence-electron chi connectivity index (χ4n) is 1.65. The third-order valence-electron chi connectivity index (χ3n) is 2.67. The molecule has 0 bridgehead atoms. The molecule has 0 aliphatic carbocycles. The highest BCUT2D eigenvalue weighted by molar-refractivity contribution is 8.13. The zero-order valence-electron chi connectivity index (χ0n) is 10.8. The first-order valence-corrected chi connectivity index (χ1v) is 7.98. The van der Waals surface area contributed by atoms with E-state index in [1.165, 1.54) is 18.3 Å². The summed E-state index contributed by atoms with van der Waals surface area (Å²) in [4.78, 5) is 11.7. The van der Waals surface area contributed by atoms with Gasteiger partial charge in [-0.3, -0.25) is 4.79 Å². The SMILES string of the molecule is CCCCc1ccsc1C(O)C(O)CSC(C)=O. The Morgan fingerprint density at radius 1 is 1.50 bits per heavy atom. The Kier molecular flexibility index (Phi) is 6.92. The Morgan fingerprint density at radius 3 is 2.83 bits per heavy atom. The van der Waals surface area contributed by atoms with Crippen molar-refractivity contribution >= 4 is 28.2 Å². The minimum absolute atomic E-state index is 0.0429. The van der Waals surface area contributed by atoms with E-state index in [1.807, 2.05) is 11.4 Å². The standard InChI is InChI=1S/C13H20O3S2/c1-3-4-5-10-6-7-17-13(10)12(16)11(15)8-18-9(2)14/h6-7,11-12,15-16H,3-5,8H2,1-2H3. The topological polar surface area (TPSA) is 57.5 Å². The van der Waals surface area contributed by atoms with Crippen molar-refractivity contribution in [1.82, 2.24) is 0 Å². The molecule has 2 atom stereocenters. The maximum atomic E-state index is 10.8. The molecule has 0 saturated carbocycles. The van der Waals surface area contributed by atoms with Gasteiger partial charge in [0.2, 0.25) is 0 Å². The van der Waals surface area contributed by atoms with Crippen molar-refractivity contribution in [2.24, 2.45) is 0 Å². The number of aryl methyl sites for hydroxylation is 1. The number of thioether (sulfide) groups is 1. The number of carbonyl (C=O) groups is 1. The van der Waals surface area contributed by atoms with Crippen LogP contribution in [0.4, 0.5) is 0 Å². The van der Waals surface area contributed by atoms with Gasteiger partial charge in [-0.25, -0.2) is 0 Å². The van der Waals surface area contributed by atoms with Crippen molar-refractivity contribution in [3.8, 4) is 0 Å². The second-order valence-corrected chi connectivity index (χ2v) is 6.37. The molecule has 3 nitrogen and oxygen atoms in total. The van der Waals surface area contributed by atoms with Crippen molar-refractivity contribution in [3.05, 3.63) is 21.9 Å². The van der Waals surface area contributed by atoms with Crippen LogP contribution in [0.5, 0.6) is 0 Å². The highest BCUT2D eigenvalue weighted by atomic mass is 32.2. The van der Waals surface area contributed by atoms with E-state index < -0.39 is 12.2 Å². The molecule has 0 fully saturated rings. The van der Waals surface area contributed by atoms with Crippen LogP contribution >= 0.6 is 23.1 Å². The van der Waals surface area contributed by atoms with Gasteiger partial charge < -0.3 is 10.2 Å². The van der Waals surface area contributed by atoms with Crippen molar-refractivity contribution in [1.29, 1.82) is 0 Å². The summed E-state index contributed by atoms with van der Waals surface area (Å²) in [5.41, 5.74) is 1.11. The molecule has 1 aromatic heterocycles. The lowest BCUT2D eigenvalue weighted by atomic mass is 10.1. The molecule has 0 radical (unpaired) electrons. The molecule has 102 valence electrons. The first-order chi connectivity index (χ1) is 8.56. The fourth-order valence-corrected chi connectivity index (χ4v) is 3.23.